The van der Waals surface area contributed by atoms with Gasteiger partial charge in [0, 0.05) is 31.0 Å². The molecule has 2 aromatic carbocycles. The zero-order chi connectivity index (χ0) is 40.5. The van der Waals surface area contributed by atoms with Gasteiger partial charge in [0.2, 0.25) is 0 Å². The second-order valence-corrected chi connectivity index (χ2v) is 20.3. The fourth-order valence-electron chi connectivity index (χ4n) is 6.21. The van der Waals surface area contributed by atoms with E-state index in [4.69, 9.17) is 26.1 Å². The van der Waals surface area contributed by atoms with Crippen LogP contribution in [0.1, 0.15) is 61.3 Å². The number of nitrogens with one attached hydrogen (secondary N) is 2. The van der Waals surface area contributed by atoms with Gasteiger partial charge in [-0.05, 0) is 67.7 Å². The van der Waals surface area contributed by atoms with Gasteiger partial charge < -0.3 is 24.6 Å². The Labute approximate surface area is 323 Å². The van der Waals surface area contributed by atoms with Crippen molar-refractivity contribution in [3.8, 4) is 17.3 Å². The van der Waals surface area contributed by atoms with Gasteiger partial charge in [0.15, 0.2) is 0 Å². The smallest absolute Gasteiger partial charge is 0.467 e. The van der Waals surface area contributed by atoms with Gasteiger partial charge in [-0.15, -0.1) is 0 Å². The van der Waals surface area contributed by atoms with E-state index in [1.54, 1.807) is 28.8 Å². The third-order valence-corrected chi connectivity index (χ3v) is 11.0. The number of benzene rings is 2. The molecule has 55 heavy (non-hydrogen) atoms. The lowest BCUT2D eigenvalue weighted by molar-refractivity contribution is -0.172. The average molecular weight is 807 g/mol. The number of hydrogen-bond donors (Lipinski definition) is 3. The molecule has 0 spiro atoms. The fraction of sp³-hybridized carbons (Fsp3) is 0.486. The summed E-state index contributed by atoms with van der Waals surface area (Å²) in [6.45, 7) is 7.11. The van der Waals surface area contributed by atoms with Crippen LogP contribution in [0, 0.1) is 11.3 Å². The monoisotopic (exact) mass is 806 g/mol. The number of aliphatic hydroxyl groups excluding tert-OH is 1. The maximum absolute atomic E-state index is 14.4. The maximum atomic E-state index is 14.4. The van der Waals surface area contributed by atoms with Crippen LogP contribution in [0.5, 0.6) is 0 Å². The Hall–Kier alpha value is -4.47. The molecular weight excluding hydrogens is 761 g/mol. The van der Waals surface area contributed by atoms with Crippen molar-refractivity contribution in [2.24, 2.45) is 0 Å². The normalized spacial score (nSPS) is 16.9. The molecule has 3 atom stereocenters. The number of alkyl halides is 3. The molecule has 0 fully saturated rings. The lowest BCUT2D eigenvalue weighted by Crippen LogP contribution is -2.51. The number of halogens is 4. The summed E-state index contributed by atoms with van der Waals surface area (Å²) in [7, 11) is 0.580. The Morgan fingerprint density at radius 3 is 2.47 bits per heavy atom. The number of hydrogen-bond acceptors (Lipinski definition) is 10. The molecule has 3 aromatic rings. The van der Waals surface area contributed by atoms with E-state index in [0.717, 1.165) is 26.3 Å². The van der Waals surface area contributed by atoms with E-state index in [2.05, 4.69) is 41.1 Å². The molecule has 1 aromatic heterocycles. The van der Waals surface area contributed by atoms with Crippen molar-refractivity contribution < 1.29 is 46.9 Å². The number of imidazole rings is 1. The van der Waals surface area contributed by atoms with Gasteiger partial charge in [0.1, 0.15) is 36.1 Å². The predicted octanol–water partition coefficient (Wildman–Crippen LogP) is 7.33. The number of fused-ring (bicyclic) bond motifs is 4. The third-order valence-electron chi connectivity index (χ3n) is 9.08. The van der Waals surface area contributed by atoms with E-state index < -0.39 is 56.1 Å². The van der Waals surface area contributed by atoms with Gasteiger partial charge in [-0.1, -0.05) is 56.2 Å². The highest BCUT2D eigenvalue weighted by atomic mass is 35.5. The lowest BCUT2D eigenvalue weighted by atomic mass is 9.99. The highest BCUT2D eigenvalue weighted by Gasteiger charge is 2.48. The Balaban J connectivity index is 1.92. The molecule has 0 aliphatic carbocycles. The lowest BCUT2D eigenvalue weighted by Gasteiger charge is -2.32. The van der Waals surface area contributed by atoms with Crippen LogP contribution in [0.2, 0.25) is 30.7 Å². The zero-order valence-electron chi connectivity index (χ0n) is 31.3. The van der Waals surface area contributed by atoms with Crippen LogP contribution in [0.25, 0.3) is 11.3 Å². The van der Waals surface area contributed by atoms with Gasteiger partial charge in [0.25, 0.3) is 0 Å². The van der Waals surface area contributed by atoms with Crippen molar-refractivity contribution in [2.45, 2.75) is 88.9 Å². The first kappa shape index (κ1) is 43.3. The van der Waals surface area contributed by atoms with Gasteiger partial charge in [-0.3, -0.25) is 19.6 Å². The largest absolute Gasteiger partial charge is 0.471 e. The fourth-order valence-corrected chi connectivity index (χ4v) is 7.16. The highest BCUT2D eigenvalue weighted by molar-refractivity contribution is 6.76. The minimum absolute atomic E-state index is 0.0630. The summed E-state index contributed by atoms with van der Waals surface area (Å²) in [6.07, 6.45) is -6.32. The first-order chi connectivity index (χ1) is 26.0. The molecule has 1 aliphatic rings. The van der Waals surface area contributed by atoms with Gasteiger partial charge in [-0.2, -0.15) is 18.4 Å². The van der Waals surface area contributed by atoms with E-state index in [1.807, 2.05) is 0 Å². The van der Waals surface area contributed by atoms with Crippen molar-refractivity contribution in [3.63, 3.8) is 0 Å². The zero-order valence-corrected chi connectivity index (χ0v) is 33.1. The SMILES string of the molecule is COC(=O)Nc1ccc2c(c1)N(C(=O)C(F)(F)F)[C@@H](C(=O)OC)CCCC[C@H](NCC[C@@H](O)c1cccc(Cl)c1)c1nc-2c(C#N)n1COCC[Si](C)(C)C. The first-order valence-electron chi connectivity index (χ1n) is 17.7. The van der Waals surface area contributed by atoms with Gasteiger partial charge >= 0.3 is 24.1 Å². The average Bonchev–Trinajstić information content (AvgIpc) is 3.49. The standard InChI is InChI=1S/C37H46ClF3N6O7Si/c1-52-34(49)28-12-7-6-11-27(43-16-15-31(48)23-9-8-10-24(38)19-23)33-45-32(30(21-42)46(33)22-54-17-18-55(3,4)5)26-14-13-25(44-36(51)53-2)20-29(26)47(28)35(50)37(39,40)41/h8-10,13-14,19-20,27-28,31,43,48H,6-7,11-12,15-18,22H2,1-5H3,(H,44,51)/t27-,28+,31+/m0/s1. The summed E-state index contributed by atoms with van der Waals surface area (Å²) in [5.41, 5.74) is -0.140. The predicted molar refractivity (Wildman–Crippen MR) is 202 cm³/mol. The second kappa shape index (κ2) is 18.9. The summed E-state index contributed by atoms with van der Waals surface area (Å²) in [4.78, 5) is 44.0. The first-order valence-corrected chi connectivity index (χ1v) is 21.8. The summed E-state index contributed by atoms with van der Waals surface area (Å²) < 4.78 is 60.5. The number of aromatic nitrogens is 2. The number of methoxy groups -OCH3 is 2. The molecule has 13 nitrogen and oxygen atoms in total. The van der Waals surface area contributed by atoms with Crippen LogP contribution >= 0.6 is 11.6 Å². The number of aliphatic hydroxyl groups is 1. The molecule has 18 heteroatoms. The number of nitriles is 1. The maximum Gasteiger partial charge on any atom is 0.471 e. The number of rotatable bonds is 12. The van der Waals surface area contributed by atoms with Crippen molar-refractivity contribution in [1.29, 1.82) is 5.26 Å². The van der Waals surface area contributed by atoms with E-state index in [-0.39, 0.29) is 55.2 Å². The third kappa shape index (κ3) is 11.3. The van der Waals surface area contributed by atoms with Crippen molar-refractivity contribution >= 4 is 49.0 Å². The minimum Gasteiger partial charge on any atom is -0.467 e. The summed E-state index contributed by atoms with van der Waals surface area (Å²) >= 11 is 6.14. The van der Waals surface area contributed by atoms with Crippen LogP contribution < -0.4 is 15.5 Å². The van der Waals surface area contributed by atoms with Crippen molar-refractivity contribution in [1.82, 2.24) is 14.9 Å². The van der Waals surface area contributed by atoms with Crippen LogP contribution in [0.4, 0.5) is 29.3 Å². The van der Waals surface area contributed by atoms with E-state index in [0.29, 0.717) is 40.8 Å². The Bertz CT molecular complexity index is 1880. The van der Waals surface area contributed by atoms with Crippen LogP contribution in [0.3, 0.4) is 0 Å². The number of carbonyl (C=O) groups is 3. The van der Waals surface area contributed by atoms with E-state index in [1.165, 1.54) is 12.1 Å². The Kier molecular flexibility index (Phi) is 14.9. The summed E-state index contributed by atoms with van der Waals surface area (Å²) in [6, 6.07) is 11.3. The van der Waals surface area contributed by atoms with Crippen LogP contribution in [-0.4, -0.2) is 80.3 Å². The molecule has 2 bridgehead atoms. The molecular formula is C37H46ClF3N6O7Si. The molecule has 3 N–H and O–H groups in total. The number of nitrogens with zero attached hydrogens (tertiary/aromatic N) is 4. The van der Waals surface area contributed by atoms with Crippen molar-refractivity contribution in [3.05, 3.63) is 64.6 Å². The number of ether oxygens (including phenoxy) is 3. The quantitative estimate of drug-likeness (QED) is 0.0958. The topological polar surface area (TPSA) is 168 Å². The van der Waals surface area contributed by atoms with E-state index in [9.17, 15) is 37.9 Å². The van der Waals surface area contributed by atoms with Gasteiger partial charge in [-0.25, -0.2) is 14.6 Å². The van der Waals surface area contributed by atoms with Crippen molar-refractivity contribution in [2.75, 3.05) is 37.6 Å². The molecule has 298 valence electrons. The van der Waals surface area contributed by atoms with Crippen LogP contribution in [-0.2, 0) is 30.5 Å². The molecule has 4 rings (SSSR count). The highest BCUT2D eigenvalue weighted by Crippen LogP contribution is 2.41. The minimum atomic E-state index is -5.44. The molecule has 0 radical (unpaired) electrons. The summed E-state index contributed by atoms with van der Waals surface area (Å²) in [5.74, 6) is -3.11. The van der Waals surface area contributed by atoms with Gasteiger partial charge in [0.05, 0.1) is 32.1 Å². The molecule has 0 saturated carbocycles. The molecule has 0 unspecified atom stereocenters. The molecule has 1 aliphatic heterocycles. The Morgan fingerprint density at radius 1 is 1.11 bits per heavy atom. The summed E-state index contributed by atoms with van der Waals surface area (Å²) in [5, 5.41) is 27.9. The number of esters is 1. The molecule has 2 amide bonds. The number of anilines is 2. The number of amides is 2. The molecule has 2 heterocycles. The van der Waals surface area contributed by atoms with E-state index >= 15 is 0 Å². The van der Waals surface area contributed by atoms with Crippen LogP contribution in [0.15, 0.2) is 42.5 Å². The second-order valence-electron chi connectivity index (χ2n) is 14.3. The Morgan fingerprint density at radius 2 is 1.84 bits per heavy atom. The number of carbonyl (C=O) groups excluding carboxylic acids is 3. The molecule has 0 saturated heterocycles.